The van der Waals surface area contributed by atoms with E-state index in [-0.39, 0.29) is 34.9 Å². The number of pyridine rings is 1. The van der Waals surface area contributed by atoms with Gasteiger partial charge in [-0.3, -0.25) is 9.88 Å². The first-order chi connectivity index (χ1) is 24.0. The number of halogens is 2. The molecule has 4 atom stereocenters. The number of aromatic nitrogens is 3. The quantitative estimate of drug-likeness (QED) is 0.198. The van der Waals surface area contributed by atoms with Gasteiger partial charge < -0.3 is 19.3 Å². The summed E-state index contributed by atoms with van der Waals surface area (Å²) in [5.74, 6) is 1.43. The van der Waals surface area contributed by atoms with Crippen molar-refractivity contribution in [3.8, 4) is 17.3 Å². The van der Waals surface area contributed by atoms with Gasteiger partial charge in [-0.15, -0.1) is 0 Å². The number of piperidine rings is 1. The Bertz CT molecular complexity index is 1900. The first-order valence-electron chi connectivity index (χ1n) is 18.1. The van der Waals surface area contributed by atoms with E-state index in [0.29, 0.717) is 46.8 Å². The maximum atomic E-state index is 16.9. The molecule has 1 aliphatic carbocycles. The molecule has 1 saturated carbocycles. The summed E-state index contributed by atoms with van der Waals surface area (Å²) in [5, 5.41) is 2.83. The number of carbonyl (C=O) groups excluding carboxylic acids is 1. The van der Waals surface area contributed by atoms with Gasteiger partial charge in [0.15, 0.2) is 5.82 Å². The molecule has 4 aromatic rings. The lowest BCUT2D eigenvalue weighted by molar-refractivity contribution is 0.0463. The maximum absolute atomic E-state index is 16.9. The van der Waals surface area contributed by atoms with Crippen molar-refractivity contribution < 1.29 is 18.7 Å². The standard InChI is InChI=1S/C38H42ClFN6O3/c39-30-9-4-7-26-6-3-8-28(31(26)30)33-32(40)34-29(19-41-33)35(45-20-24-10-11-25(18-24)21-45)43-36(42-34)49-23-38-13-5-17-46(38)27(12-14-38)22-48-37(47)44-15-1-2-16-44/h3-4,6-9,19,24-25,27H,1-2,5,10-18,20-23H2/t24?,25?,27-,38-/m1/s1. The molecule has 2 unspecified atom stereocenters. The topological polar surface area (TPSA) is 83.9 Å². The van der Waals surface area contributed by atoms with Gasteiger partial charge in [-0.05, 0) is 87.6 Å². The van der Waals surface area contributed by atoms with E-state index in [4.69, 9.17) is 36.0 Å². The van der Waals surface area contributed by atoms with Crippen LogP contribution in [0, 0.1) is 17.7 Å². The fourth-order valence-corrected chi connectivity index (χ4v) is 9.82. The summed E-state index contributed by atoms with van der Waals surface area (Å²) in [4.78, 5) is 33.7. The predicted octanol–water partition coefficient (Wildman–Crippen LogP) is 7.48. The maximum Gasteiger partial charge on any atom is 0.409 e. The molecule has 5 aliphatic rings. The molecule has 2 bridgehead atoms. The number of rotatable bonds is 7. The van der Waals surface area contributed by atoms with Crippen molar-refractivity contribution in [2.45, 2.75) is 69.4 Å². The van der Waals surface area contributed by atoms with Crippen LogP contribution in [0.15, 0.2) is 42.6 Å². The van der Waals surface area contributed by atoms with Crippen molar-refractivity contribution in [2.75, 3.05) is 50.8 Å². The highest BCUT2D eigenvalue weighted by Gasteiger charge is 2.50. The number of benzene rings is 2. The average Bonchev–Trinajstić information content (AvgIpc) is 3.92. The summed E-state index contributed by atoms with van der Waals surface area (Å²) >= 11 is 6.66. The molecule has 0 N–H and O–H groups in total. The summed E-state index contributed by atoms with van der Waals surface area (Å²) in [5.41, 5.74) is 0.868. The van der Waals surface area contributed by atoms with Crippen LogP contribution in [0.5, 0.6) is 6.01 Å². The molecule has 0 radical (unpaired) electrons. The van der Waals surface area contributed by atoms with Gasteiger partial charge in [0, 0.05) is 54.4 Å². The van der Waals surface area contributed by atoms with Gasteiger partial charge in [0.2, 0.25) is 0 Å². The highest BCUT2D eigenvalue weighted by molar-refractivity contribution is 6.36. The van der Waals surface area contributed by atoms with E-state index >= 15 is 4.39 Å². The third-order valence-electron chi connectivity index (χ3n) is 11.9. The van der Waals surface area contributed by atoms with Crippen molar-refractivity contribution in [3.05, 3.63) is 53.4 Å². The van der Waals surface area contributed by atoms with E-state index in [2.05, 4.69) is 9.80 Å². The van der Waals surface area contributed by atoms with Crippen molar-refractivity contribution in [1.29, 1.82) is 0 Å². The van der Waals surface area contributed by atoms with Crippen LogP contribution in [-0.2, 0) is 4.74 Å². The van der Waals surface area contributed by atoms with Gasteiger partial charge in [0.25, 0.3) is 0 Å². The molecule has 11 heteroatoms. The molecule has 6 heterocycles. The minimum atomic E-state index is -0.500. The highest BCUT2D eigenvalue weighted by atomic mass is 35.5. The van der Waals surface area contributed by atoms with Gasteiger partial charge in [0.05, 0.1) is 10.9 Å². The number of amides is 1. The molecule has 49 heavy (non-hydrogen) atoms. The Balaban J connectivity index is 1.04. The highest BCUT2D eigenvalue weighted by Crippen LogP contribution is 2.44. The van der Waals surface area contributed by atoms with Crippen molar-refractivity contribution in [3.63, 3.8) is 0 Å². The largest absolute Gasteiger partial charge is 0.461 e. The molecule has 9 rings (SSSR count). The number of likely N-dealkylation sites (tertiary alicyclic amines) is 1. The molecular weight excluding hydrogens is 643 g/mol. The van der Waals surface area contributed by atoms with Crippen LogP contribution >= 0.6 is 11.6 Å². The Hall–Kier alpha value is -3.76. The van der Waals surface area contributed by atoms with Crippen LogP contribution in [0.3, 0.4) is 0 Å². The summed E-state index contributed by atoms with van der Waals surface area (Å²) in [6.07, 6.45) is 11.2. The molecular formula is C38H42ClFN6O3. The van der Waals surface area contributed by atoms with E-state index < -0.39 is 5.82 Å². The smallest absolute Gasteiger partial charge is 0.409 e. The Kier molecular flexibility index (Phi) is 7.99. The number of ether oxygens (including phenoxy) is 2. The second kappa shape index (κ2) is 12.5. The van der Waals surface area contributed by atoms with Crippen molar-refractivity contribution in [2.24, 2.45) is 11.8 Å². The molecule has 0 spiro atoms. The lowest BCUT2D eigenvalue weighted by atomic mass is 9.95. The number of hydrogen-bond acceptors (Lipinski definition) is 8. The first kappa shape index (κ1) is 31.2. The van der Waals surface area contributed by atoms with Crippen LogP contribution in [0.2, 0.25) is 5.02 Å². The summed E-state index contributed by atoms with van der Waals surface area (Å²) in [6, 6.07) is 11.8. The first-order valence-corrected chi connectivity index (χ1v) is 18.4. The Labute approximate surface area is 290 Å². The minimum Gasteiger partial charge on any atom is -0.461 e. The predicted molar refractivity (Wildman–Crippen MR) is 188 cm³/mol. The van der Waals surface area contributed by atoms with E-state index in [1.54, 1.807) is 6.20 Å². The molecule has 256 valence electrons. The summed E-state index contributed by atoms with van der Waals surface area (Å²) in [7, 11) is 0. The SMILES string of the molecule is O=C(OC[C@H]1CC[C@@]2(COc3nc(N4CC5CCC(C5)C4)c4cnc(-c5cccc6cccc(Cl)c56)c(F)c4n3)CCCN12)N1CCCC1. The lowest BCUT2D eigenvalue weighted by Crippen LogP contribution is -2.48. The second-order valence-corrected chi connectivity index (χ2v) is 15.3. The van der Waals surface area contributed by atoms with Crippen LogP contribution in [-0.4, -0.2) is 88.4 Å². The number of nitrogens with zero attached hydrogens (tertiary/aromatic N) is 6. The van der Waals surface area contributed by atoms with Gasteiger partial charge in [-0.2, -0.15) is 9.97 Å². The molecule has 9 nitrogen and oxygen atoms in total. The molecule has 2 aromatic heterocycles. The molecule has 4 aliphatic heterocycles. The Morgan fingerprint density at radius 3 is 2.59 bits per heavy atom. The van der Waals surface area contributed by atoms with Gasteiger partial charge >= 0.3 is 12.1 Å². The van der Waals surface area contributed by atoms with Crippen LogP contribution in [0.1, 0.15) is 57.8 Å². The van der Waals surface area contributed by atoms with E-state index in [1.807, 2.05) is 41.3 Å². The third kappa shape index (κ3) is 5.55. The van der Waals surface area contributed by atoms with E-state index in [0.717, 1.165) is 82.0 Å². The van der Waals surface area contributed by atoms with E-state index in [1.165, 1.54) is 19.3 Å². The zero-order valence-corrected chi connectivity index (χ0v) is 28.5. The number of anilines is 1. The van der Waals surface area contributed by atoms with Crippen LogP contribution in [0.4, 0.5) is 15.0 Å². The second-order valence-electron chi connectivity index (χ2n) is 14.9. The number of hydrogen-bond donors (Lipinski definition) is 0. The van der Waals surface area contributed by atoms with Gasteiger partial charge in [-0.25, -0.2) is 9.18 Å². The third-order valence-corrected chi connectivity index (χ3v) is 12.2. The van der Waals surface area contributed by atoms with Gasteiger partial charge in [0.1, 0.15) is 30.2 Å². The number of fused-ring (bicyclic) bond motifs is 5. The fraction of sp³-hybridized carbons (Fsp3) is 0.526. The van der Waals surface area contributed by atoms with Crippen LogP contribution < -0.4 is 9.64 Å². The van der Waals surface area contributed by atoms with Crippen molar-refractivity contribution >= 4 is 45.2 Å². The number of carbonyl (C=O) groups is 1. The normalized spacial score (nSPS) is 26.6. The molecule has 2 aromatic carbocycles. The minimum absolute atomic E-state index is 0.160. The van der Waals surface area contributed by atoms with E-state index in [9.17, 15) is 4.79 Å². The molecule has 1 amide bonds. The average molecular weight is 685 g/mol. The Morgan fingerprint density at radius 1 is 0.980 bits per heavy atom. The fourth-order valence-electron chi connectivity index (χ4n) is 9.54. The van der Waals surface area contributed by atoms with Crippen LogP contribution in [0.25, 0.3) is 32.9 Å². The summed E-state index contributed by atoms with van der Waals surface area (Å²) in [6.45, 7) is 5.08. The monoisotopic (exact) mass is 684 g/mol. The Morgan fingerprint density at radius 2 is 1.78 bits per heavy atom. The lowest BCUT2D eigenvalue weighted by Gasteiger charge is -2.35. The molecule has 4 saturated heterocycles. The van der Waals surface area contributed by atoms with Gasteiger partial charge in [-0.1, -0.05) is 41.9 Å². The van der Waals surface area contributed by atoms with Crippen molar-refractivity contribution in [1.82, 2.24) is 24.8 Å². The molecule has 5 fully saturated rings. The zero-order valence-electron chi connectivity index (χ0n) is 27.8. The zero-order chi connectivity index (χ0) is 33.1. The summed E-state index contributed by atoms with van der Waals surface area (Å²) < 4.78 is 29.2.